The molecule has 5 heteroatoms. The van der Waals surface area contributed by atoms with Gasteiger partial charge in [0, 0.05) is 80.4 Å². The highest BCUT2D eigenvalue weighted by atomic mass is 16.5. The molecule has 0 radical (unpaired) electrons. The predicted octanol–water partition coefficient (Wildman–Crippen LogP) is 4.42. The zero-order chi connectivity index (χ0) is 21.0. The number of fused-ring (bicyclic) bond motifs is 1. The van der Waals surface area contributed by atoms with Gasteiger partial charge in [0.1, 0.15) is 0 Å². The topological polar surface area (TPSA) is 33.5 Å². The fourth-order valence-corrected chi connectivity index (χ4v) is 4.43. The summed E-state index contributed by atoms with van der Waals surface area (Å²) in [5.41, 5.74) is 3.91. The molecule has 5 nitrogen and oxygen atoms in total. The van der Waals surface area contributed by atoms with Gasteiger partial charge in [0.05, 0.1) is 7.11 Å². The molecule has 0 aliphatic carbocycles. The van der Waals surface area contributed by atoms with Crippen molar-refractivity contribution in [2.24, 2.45) is 0 Å². The first kappa shape index (κ1) is 19.6. The molecule has 1 aliphatic rings. The molecule has 0 spiro atoms. The molecule has 4 aromatic rings. The van der Waals surface area contributed by atoms with Crippen LogP contribution in [0.4, 0.5) is 5.69 Å². The van der Waals surface area contributed by atoms with Crippen LogP contribution in [0.2, 0.25) is 0 Å². The third-order valence-electron chi connectivity index (χ3n) is 6.05. The van der Waals surface area contributed by atoms with E-state index in [4.69, 9.17) is 4.74 Å². The van der Waals surface area contributed by atoms with Crippen molar-refractivity contribution in [3.8, 4) is 5.88 Å². The largest absolute Gasteiger partial charge is 0.481 e. The molecule has 1 aliphatic heterocycles. The summed E-state index contributed by atoms with van der Waals surface area (Å²) in [6.07, 6.45) is 6.31. The summed E-state index contributed by atoms with van der Waals surface area (Å²) in [6, 6.07) is 21.4. The van der Waals surface area contributed by atoms with Crippen LogP contribution in [-0.4, -0.2) is 47.7 Å². The Kier molecular flexibility index (Phi) is 5.59. The Labute approximate surface area is 183 Å². The summed E-state index contributed by atoms with van der Waals surface area (Å²) in [5.74, 6) is 0.656. The average Bonchev–Trinajstić information content (AvgIpc) is 3.23. The number of aromatic nitrogens is 2. The van der Waals surface area contributed by atoms with E-state index in [9.17, 15) is 0 Å². The number of ether oxygens (including phenoxy) is 1. The Morgan fingerprint density at radius 3 is 2.48 bits per heavy atom. The molecular formula is C26H28N4O. The lowest BCUT2D eigenvalue weighted by Crippen LogP contribution is -2.46. The van der Waals surface area contributed by atoms with E-state index in [1.807, 2.05) is 12.1 Å². The Hall–Kier alpha value is -3.31. The smallest absolute Gasteiger partial charge is 0.213 e. The lowest BCUT2D eigenvalue weighted by atomic mass is 10.1. The molecule has 1 saturated heterocycles. The van der Waals surface area contributed by atoms with Gasteiger partial charge in [-0.2, -0.15) is 0 Å². The lowest BCUT2D eigenvalue weighted by Gasteiger charge is -2.36. The maximum atomic E-state index is 5.27. The van der Waals surface area contributed by atoms with Gasteiger partial charge >= 0.3 is 0 Å². The van der Waals surface area contributed by atoms with Crippen LogP contribution in [0.15, 0.2) is 79.3 Å². The Morgan fingerprint density at radius 1 is 0.839 bits per heavy atom. The van der Waals surface area contributed by atoms with Crippen LogP contribution in [0.5, 0.6) is 5.88 Å². The molecule has 3 heterocycles. The molecule has 1 fully saturated rings. The Balaban J connectivity index is 1.30. The minimum atomic E-state index is 0.656. The summed E-state index contributed by atoms with van der Waals surface area (Å²) < 4.78 is 7.52. The predicted molar refractivity (Wildman–Crippen MR) is 126 cm³/mol. The number of hydrogen-bond donors (Lipinski definition) is 0. The summed E-state index contributed by atoms with van der Waals surface area (Å²) in [5, 5.41) is 2.60. The minimum Gasteiger partial charge on any atom is -0.481 e. The third-order valence-corrected chi connectivity index (χ3v) is 6.05. The Bertz CT molecular complexity index is 1150. The number of anilines is 1. The first-order valence-electron chi connectivity index (χ1n) is 10.9. The first-order chi connectivity index (χ1) is 15.3. The van der Waals surface area contributed by atoms with Crippen molar-refractivity contribution in [3.63, 3.8) is 0 Å². The molecule has 0 saturated carbocycles. The van der Waals surface area contributed by atoms with Crippen molar-refractivity contribution < 1.29 is 4.74 Å². The quantitative estimate of drug-likeness (QED) is 0.470. The second kappa shape index (κ2) is 8.82. The van der Waals surface area contributed by atoms with E-state index in [-0.39, 0.29) is 0 Å². The fourth-order valence-electron chi connectivity index (χ4n) is 4.43. The molecule has 0 unspecified atom stereocenters. The van der Waals surface area contributed by atoms with Crippen LogP contribution in [-0.2, 0) is 13.1 Å². The molecule has 0 bridgehead atoms. The van der Waals surface area contributed by atoms with Crippen LogP contribution >= 0.6 is 0 Å². The standard InChI is InChI=1S/C26H28N4O/c1-31-26-16-22(10-11-27-26)18-29-19-23-8-5-9-25(24(23)20-29)30-14-12-28(13-15-30)17-21-6-3-2-4-7-21/h2-11,16,19-20H,12-15,17-18H2,1H3. The van der Waals surface area contributed by atoms with Crippen molar-refractivity contribution in [2.75, 3.05) is 38.2 Å². The number of pyridine rings is 1. The van der Waals surface area contributed by atoms with Crippen molar-refractivity contribution in [1.82, 2.24) is 14.5 Å². The normalized spacial score (nSPS) is 14.8. The number of piperazine rings is 1. The maximum Gasteiger partial charge on any atom is 0.213 e. The zero-order valence-corrected chi connectivity index (χ0v) is 17.9. The summed E-state index contributed by atoms with van der Waals surface area (Å²) in [7, 11) is 1.65. The number of methoxy groups -OCH3 is 1. The van der Waals surface area contributed by atoms with E-state index in [0.29, 0.717) is 5.88 Å². The summed E-state index contributed by atoms with van der Waals surface area (Å²) in [4.78, 5) is 9.29. The molecule has 2 aromatic carbocycles. The van der Waals surface area contributed by atoms with Crippen molar-refractivity contribution in [2.45, 2.75) is 13.1 Å². The van der Waals surface area contributed by atoms with Crippen LogP contribution in [0.3, 0.4) is 0 Å². The van der Waals surface area contributed by atoms with Gasteiger partial charge in [-0.05, 0) is 23.3 Å². The number of nitrogens with zero attached hydrogens (tertiary/aromatic N) is 4. The van der Waals surface area contributed by atoms with E-state index in [1.54, 1.807) is 13.3 Å². The lowest BCUT2D eigenvalue weighted by molar-refractivity contribution is 0.250. The maximum absolute atomic E-state index is 5.27. The van der Waals surface area contributed by atoms with Crippen LogP contribution < -0.4 is 9.64 Å². The van der Waals surface area contributed by atoms with Gasteiger partial charge in [0.2, 0.25) is 5.88 Å². The van der Waals surface area contributed by atoms with Gasteiger partial charge in [-0.1, -0.05) is 42.5 Å². The van der Waals surface area contributed by atoms with Gasteiger partial charge in [0.15, 0.2) is 0 Å². The summed E-state index contributed by atoms with van der Waals surface area (Å²) >= 11 is 0. The fraction of sp³-hybridized carbons (Fsp3) is 0.269. The van der Waals surface area contributed by atoms with Crippen LogP contribution in [0.1, 0.15) is 11.1 Å². The van der Waals surface area contributed by atoms with E-state index < -0.39 is 0 Å². The highest BCUT2D eigenvalue weighted by Crippen LogP contribution is 2.29. The molecule has 5 rings (SSSR count). The van der Waals surface area contributed by atoms with Crippen molar-refractivity contribution in [1.29, 1.82) is 0 Å². The molecule has 0 N–H and O–H groups in total. The molecule has 158 valence electrons. The van der Waals surface area contributed by atoms with Gasteiger partial charge in [-0.25, -0.2) is 4.98 Å². The van der Waals surface area contributed by atoms with Crippen molar-refractivity contribution >= 4 is 16.5 Å². The Morgan fingerprint density at radius 2 is 1.68 bits per heavy atom. The molecule has 0 atom stereocenters. The second-order valence-corrected chi connectivity index (χ2v) is 8.17. The van der Waals surface area contributed by atoms with Gasteiger partial charge in [0.25, 0.3) is 0 Å². The molecule has 0 amide bonds. The number of hydrogen-bond acceptors (Lipinski definition) is 4. The molecule has 2 aromatic heterocycles. The second-order valence-electron chi connectivity index (χ2n) is 8.17. The van der Waals surface area contributed by atoms with Crippen molar-refractivity contribution in [3.05, 3.63) is 90.4 Å². The van der Waals surface area contributed by atoms with Gasteiger partial charge in [-0.3, -0.25) is 4.90 Å². The van der Waals surface area contributed by atoms with E-state index in [1.165, 1.54) is 27.6 Å². The zero-order valence-electron chi connectivity index (χ0n) is 17.9. The summed E-state index contributed by atoms with van der Waals surface area (Å²) in [6.45, 7) is 6.12. The average molecular weight is 413 g/mol. The number of benzene rings is 2. The van der Waals surface area contributed by atoms with E-state index >= 15 is 0 Å². The highest BCUT2D eigenvalue weighted by Gasteiger charge is 2.19. The first-order valence-corrected chi connectivity index (χ1v) is 10.9. The molecular weight excluding hydrogens is 384 g/mol. The SMILES string of the molecule is COc1cc(Cn2cc3cccc(N4CCN(Cc5ccccc5)CC4)c3c2)ccn1. The van der Waals surface area contributed by atoms with Gasteiger partial charge in [-0.15, -0.1) is 0 Å². The molecule has 31 heavy (non-hydrogen) atoms. The van der Waals surface area contributed by atoms with E-state index in [0.717, 1.165) is 39.3 Å². The van der Waals surface area contributed by atoms with Crippen LogP contribution in [0.25, 0.3) is 10.8 Å². The van der Waals surface area contributed by atoms with Gasteiger partial charge < -0.3 is 14.2 Å². The monoisotopic (exact) mass is 412 g/mol. The number of rotatable bonds is 6. The van der Waals surface area contributed by atoms with Crippen LogP contribution in [0, 0.1) is 0 Å². The minimum absolute atomic E-state index is 0.656. The van der Waals surface area contributed by atoms with E-state index in [2.05, 4.69) is 80.3 Å². The highest BCUT2D eigenvalue weighted by molar-refractivity contribution is 5.94. The third kappa shape index (κ3) is 4.42.